The number of carbonyl (C=O) groups excluding carboxylic acids is 1. The number of nitrogens with one attached hydrogen (secondary N) is 1. The molecule has 1 aromatic heterocycles. The molecule has 0 aliphatic heterocycles. The maximum atomic E-state index is 12.8. The molecule has 0 bridgehead atoms. The van der Waals surface area contributed by atoms with Gasteiger partial charge in [-0.05, 0) is 48.0 Å². The van der Waals surface area contributed by atoms with E-state index < -0.39 is 6.04 Å². The summed E-state index contributed by atoms with van der Waals surface area (Å²) in [6.07, 6.45) is 0. The van der Waals surface area contributed by atoms with Crippen LogP contribution < -0.4 is 5.32 Å². The highest BCUT2D eigenvalue weighted by Gasteiger charge is 2.20. The van der Waals surface area contributed by atoms with Gasteiger partial charge in [-0.2, -0.15) is 4.80 Å². The average Bonchev–Trinajstić information content (AvgIpc) is 3.25. The number of hydrogen-bond acceptors (Lipinski definition) is 4. The minimum atomic E-state index is -0.615. The van der Waals surface area contributed by atoms with Crippen LogP contribution in [0.25, 0.3) is 22.5 Å². The largest absolute Gasteiger partial charge is 0.324 e. The molecule has 0 saturated heterocycles. The number of hydrogen-bond donors (Lipinski definition) is 1. The predicted octanol–water partition coefficient (Wildman–Crippen LogP) is 4.97. The van der Waals surface area contributed by atoms with Crippen LogP contribution in [-0.4, -0.2) is 26.1 Å². The van der Waals surface area contributed by atoms with E-state index in [1.807, 2.05) is 78.9 Å². The molecule has 1 N–H and O–H groups in total. The van der Waals surface area contributed by atoms with Gasteiger partial charge in [-0.3, -0.25) is 4.79 Å². The molecule has 4 rings (SSSR count). The van der Waals surface area contributed by atoms with E-state index in [4.69, 9.17) is 0 Å². The predicted molar refractivity (Wildman–Crippen MR) is 116 cm³/mol. The summed E-state index contributed by atoms with van der Waals surface area (Å²) in [5, 5.41) is 15.5. The third kappa shape index (κ3) is 4.25. The van der Waals surface area contributed by atoms with Crippen LogP contribution in [-0.2, 0) is 4.79 Å². The summed E-state index contributed by atoms with van der Waals surface area (Å²) >= 11 is 3.41. The van der Waals surface area contributed by atoms with E-state index in [1.165, 1.54) is 4.80 Å². The van der Waals surface area contributed by atoms with Crippen LogP contribution >= 0.6 is 15.9 Å². The van der Waals surface area contributed by atoms with Crippen molar-refractivity contribution >= 4 is 27.5 Å². The van der Waals surface area contributed by atoms with Gasteiger partial charge < -0.3 is 5.32 Å². The topological polar surface area (TPSA) is 72.7 Å². The minimum absolute atomic E-state index is 0.215. The molecule has 6 nitrogen and oxygen atoms in total. The second kappa shape index (κ2) is 8.36. The molecular formula is C22H18BrN5O. The zero-order valence-corrected chi connectivity index (χ0v) is 17.2. The van der Waals surface area contributed by atoms with Gasteiger partial charge in [-0.15, -0.1) is 10.2 Å². The van der Waals surface area contributed by atoms with Crippen LogP contribution in [0.1, 0.15) is 13.0 Å². The fourth-order valence-electron chi connectivity index (χ4n) is 2.91. The minimum Gasteiger partial charge on any atom is -0.324 e. The highest BCUT2D eigenvalue weighted by atomic mass is 79.9. The SMILES string of the molecule is CC(C(=O)Nc1ccccc1-c1ccccc1)n1nnc(-c2ccc(Br)cc2)n1. The van der Waals surface area contributed by atoms with E-state index in [-0.39, 0.29) is 5.91 Å². The van der Waals surface area contributed by atoms with E-state index in [0.29, 0.717) is 5.82 Å². The Bertz CT molecular complexity index is 1130. The Morgan fingerprint density at radius 2 is 1.62 bits per heavy atom. The van der Waals surface area contributed by atoms with Crippen molar-refractivity contribution in [2.24, 2.45) is 0 Å². The van der Waals surface area contributed by atoms with Crippen molar-refractivity contribution in [3.05, 3.63) is 83.3 Å². The van der Waals surface area contributed by atoms with Crippen LogP contribution in [0, 0.1) is 0 Å². The molecule has 144 valence electrons. The Hall–Kier alpha value is -3.32. The van der Waals surface area contributed by atoms with Crippen LogP contribution in [0.5, 0.6) is 0 Å². The van der Waals surface area contributed by atoms with Gasteiger partial charge in [0.15, 0.2) is 0 Å². The molecule has 0 saturated carbocycles. The van der Waals surface area contributed by atoms with Gasteiger partial charge >= 0.3 is 0 Å². The van der Waals surface area contributed by atoms with Crippen molar-refractivity contribution in [3.63, 3.8) is 0 Å². The molecule has 1 amide bonds. The monoisotopic (exact) mass is 447 g/mol. The second-order valence-corrected chi connectivity index (χ2v) is 7.43. The van der Waals surface area contributed by atoms with Crippen molar-refractivity contribution in [3.8, 4) is 22.5 Å². The number of tetrazole rings is 1. The molecule has 7 heteroatoms. The van der Waals surface area contributed by atoms with Crippen molar-refractivity contribution in [1.29, 1.82) is 0 Å². The molecule has 0 fully saturated rings. The van der Waals surface area contributed by atoms with Gasteiger partial charge in [0.2, 0.25) is 5.82 Å². The molecule has 4 aromatic rings. The van der Waals surface area contributed by atoms with Gasteiger partial charge in [-0.1, -0.05) is 64.5 Å². The molecule has 1 unspecified atom stereocenters. The van der Waals surface area contributed by atoms with Gasteiger partial charge in [0, 0.05) is 21.3 Å². The molecule has 29 heavy (non-hydrogen) atoms. The number of benzene rings is 3. The van der Waals surface area contributed by atoms with Crippen LogP contribution in [0.4, 0.5) is 5.69 Å². The van der Waals surface area contributed by atoms with Crippen molar-refractivity contribution in [1.82, 2.24) is 20.2 Å². The number of halogens is 1. The quantitative estimate of drug-likeness (QED) is 0.468. The van der Waals surface area contributed by atoms with Crippen LogP contribution in [0.15, 0.2) is 83.3 Å². The van der Waals surface area contributed by atoms with E-state index in [0.717, 1.165) is 26.9 Å². The first-order chi connectivity index (χ1) is 14.1. The Balaban J connectivity index is 1.53. The zero-order chi connectivity index (χ0) is 20.2. The van der Waals surface area contributed by atoms with E-state index >= 15 is 0 Å². The summed E-state index contributed by atoms with van der Waals surface area (Å²) in [5.41, 5.74) is 3.56. The highest BCUT2D eigenvalue weighted by molar-refractivity contribution is 9.10. The molecule has 0 radical (unpaired) electrons. The molecule has 1 heterocycles. The van der Waals surface area contributed by atoms with Crippen molar-refractivity contribution < 1.29 is 4.79 Å². The standard InChI is InChI=1S/C22H18BrN5O/c1-15(28-26-21(25-27-28)17-11-13-18(23)14-12-17)22(29)24-20-10-6-5-9-19(20)16-7-3-2-4-8-16/h2-15H,1H3,(H,24,29). The Morgan fingerprint density at radius 3 is 2.38 bits per heavy atom. The number of carbonyl (C=O) groups is 1. The maximum absolute atomic E-state index is 12.8. The van der Waals surface area contributed by atoms with E-state index in [1.54, 1.807) is 6.92 Å². The zero-order valence-electron chi connectivity index (χ0n) is 15.7. The molecule has 1 atom stereocenters. The summed E-state index contributed by atoms with van der Waals surface area (Å²) in [6, 6.07) is 24.6. The molecule has 0 spiro atoms. The fraction of sp³-hybridized carbons (Fsp3) is 0.0909. The maximum Gasteiger partial charge on any atom is 0.250 e. The van der Waals surface area contributed by atoms with E-state index in [9.17, 15) is 4.79 Å². The lowest BCUT2D eigenvalue weighted by Gasteiger charge is -2.14. The number of aromatic nitrogens is 4. The number of rotatable bonds is 5. The van der Waals surface area contributed by atoms with Gasteiger partial charge in [0.05, 0.1) is 0 Å². The highest BCUT2D eigenvalue weighted by Crippen LogP contribution is 2.28. The van der Waals surface area contributed by atoms with Gasteiger partial charge in [0.1, 0.15) is 6.04 Å². The lowest BCUT2D eigenvalue weighted by molar-refractivity contribution is -0.119. The summed E-state index contributed by atoms with van der Waals surface area (Å²) in [7, 11) is 0. The Morgan fingerprint density at radius 1 is 0.931 bits per heavy atom. The molecule has 0 aliphatic rings. The third-order valence-corrected chi connectivity index (χ3v) is 5.05. The summed E-state index contributed by atoms with van der Waals surface area (Å²) in [6.45, 7) is 1.74. The average molecular weight is 448 g/mol. The van der Waals surface area contributed by atoms with Crippen LogP contribution in [0.3, 0.4) is 0 Å². The summed E-state index contributed by atoms with van der Waals surface area (Å²) in [4.78, 5) is 14.2. The Kier molecular flexibility index (Phi) is 5.48. The lowest BCUT2D eigenvalue weighted by atomic mass is 10.0. The summed E-state index contributed by atoms with van der Waals surface area (Å²) in [5.74, 6) is 0.259. The van der Waals surface area contributed by atoms with E-state index in [2.05, 4.69) is 36.7 Å². The second-order valence-electron chi connectivity index (χ2n) is 6.52. The van der Waals surface area contributed by atoms with Crippen molar-refractivity contribution in [2.75, 3.05) is 5.32 Å². The Labute approximate surface area is 176 Å². The first-order valence-corrected chi connectivity index (χ1v) is 9.92. The van der Waals surface area contributed by atoms with Crippen molar-refractivity contribution in [2.45, 2.75) is 13.0 Å². The summed E-state index contributed by atoms with van der Waals surface area (Å²) < 4.78 is 0.971. The normalized spacial score (nSPS) is 11.8. The smallest absolute Gasteiger partial charge is 0.250 e. The molecule has 0 aliphatic carbocycles. The number of para-hydroxylation sites is 1. The molecular weight excluding hydrogens is 430 g/mol. The first kappa shape index (κ1) is 19.0. The number of nitrogens with zero attached hydrogens (tertiary/aromatic N) is 4. The van der Waals surface area contributed by atoms with Gasteiger partial charge in [-0.25, -0.2) is 0 Å². The van der Waals surface area contributed by atoms with Crippen LogP contribution in [0.2, 0.25) is 0 Å². The van der Waals surface area contributed by atoms with Gasteiger partial charge in [0.25, 0.3) is 5.91 Å². The molecule has 3 aromatic carbocycles. The number of anilines is 1. The third-order valence-electron chi connectivity index (χ3n) is 4.53. The first-order valence-electron chi connectivity index (χ1n) is 9.12. The lowest BCUT2D eigenvalue weighted by Crippen LogP contribution is -2.25. The fourth-order valence-corrected chi connectivity index (χ4v) is 3.17. The number of amides is 1.